The van der Waals surface area contributed by atoms with Crippen molar-refractivity contribution in [1.29, 1.82) is 0 Å². The molecule has 86 valence electrons. The molecule has 0 heterocycles. The summed E-state index contributed by atoms with van der Waals surface area (Å²) in [7, 11) is 0. The van der Waals surface area contributed by atoms with Crippen LogP contribution in [0.25, 0.3) is 0 Å². The van der Waals surface area contributed by atoms with Gasteiger partial charge in [-0.1, -0.05) is 48.5 Å². The highest BCUT2D eigenvalue weighted by atomic mass is 16.2. The molecule has 0 aliphatic rings. The van der Waals surface area contributed by atoms with Gasteiger partial charge in [0.2, 0.25) is 5.91 Å². The fourth-order valence-electron chi connectivity index (χ4n) is 1.49. The van der Waals surface area contributed by atoms with E-state index in [4.69, 9.17) is 0 Å². The zero-order chi connectivity index (χ0) is 11.9. The van der Waals surface area contributed by atoms with Crippen molar-refractivity contribution in [2.45, 2.75) is 6.42 Å². The molecular weight excluding hydrogens is 212 g/mol. The summed E-state index contributed by atoms with van der Waals surface area (Å²) in [6, 6.07) is 19.2. The fourth-order valence-corrected chi connectivity index (χ4v) is 1.49. The Kier molecular flexibility index (Phi) is 3.76. The first kappa shape index (κ1) is 11.2. The van der Waals surface area contributed by atoms with Crippen LogP contribution in [0.5, 0.6) is 0 Å². The van der Waals surface area contributed by atoms with Gasteiger partial charge in [-0.3, -0.25) is 15.6 Å². The van der Waals surface area contributed by atoms with Crippen LogP contribution in [0.4, 0.5) is 5.69 Å². The molecule has 17 heavy (non-hydrogen) atoms. The average molecular weight is 226 g/mol. The predicted molar refractivity (Wildman–Crippen MR) is 68.4 cm³/mol. The Morgan fingerprint density at radius 3 is 2.12 bits per heavy atom. The largest absolute Gasteiger partial charge is 0.299 e. The van der Waals surface area contributed by atoms with E-state index in [-0.39, 0.29) is 5.91 Å². The number of para-hydroxylation sites is 1. The SMILES string of the molecule is O=C(Cc1ccccc1)NNc1ccccc1. The van der Waals surface area contributed by atoms with Gasteiger partial charge in [0.15, 0.2) is 0 Å². The Morgan fingerprint density at radius 1 is 0.882 bits per heavy atom. The van der Waals surface area contributed by atoms with Crippen molar-refractivity contribution in [3.63, 3.8) is 0 Å². The maximum absolute atomic E-state index is 11.6. The zero-order valence-electron chi connectivity index (χ0n) is 9.39. The summed E-state index contributed by atoms with van der Waals surface area (Å²) in [5.41, 5.74) is 7.39. The molecule has 2 aromatic carbocycles. The lowest BCUT2D eigenvalue weighted by atomic mass is 10.1. The normalized spacial score (nSPS) is 9.65. The molecule has 0 aliphatic carbocycles. The van der Waals surface area contributed by atoms with E-state index in [2.05, 4.69) is 10.9 Å². The highest BCUT2D eigenvalue weighted by Gasteiger charge is 2.01. The monoisotopic (exact) mass is 226 g/mol. The number of nitrogens with one attached hydrogen (secondary N) is 2. The quantitative estimate of drug-likeness (QED) is 0.786. The van der Waals surface area contributed by atoms with Crippen LogP contribution < -0.4 is 10.9 Å². The molecule has 0 aliphatic heterocycles. The van der Waals surface area contributed by atoms with E-state index in [0.29, 0.717) is 6.42 Å². The third-order valence-electron chi connectivity index (χ3n) is 2.33. The maximum Gasteiger partial charge on any atom is 0.242 e. The molecule has 0 spiro atoms. The second kappa shape index (κ2) is 5.70. The molecule has 1 amide bonds. The summed E-state index contributed by atoms with van der Waals surface area (Å²) in [6.45, 7) is 0. The third-order valence-corrected chi connectivity index (χ3v) is 2.33. The highest BCUT2D eigenvalue weighted by molar-refractivity contribution is 5.79. The van der Waals surface area contributed by atoms with Gasteiger partial charge >= 0.3 is 0 Å². The van der Waals surface area contributed by atoms with Gasteiger partial charge in [-0.2, -0.15) is 0 Å². The number of carbonyl (C=O) groups excluding carboxylic acids is 1. The first-order valence-electron chi connectivity index (χ1n) is 5.48. The second-order valence-corrected chi connectivity index (χ2v) is 3.70. The van der Waals surface area contributed by atoms with Crippen molar-refractivity contribution in [2.24, 2.45) is 0 Å². The summed E-state index contributed by atoms with van der Waals surface area (Å²) in [4.78, 5) is 11.6. The Morgan fingerprint density at radius 2 is 1.47 bits per heavy atom. The standard InChI is InChI=1S/C14H14N2O/c17-14(11-12-7-3-1-4-8-12)16-15-13-9-5-2-6-10-13/h1-10,15H,11H2,(H,16,17). The number of hydrogen-bond acceptors (Lipinski definition) is 2. The van der Waals surface area contributed by atoms with E-state index < -0.39 is 0 Å². The molecule has 0 saturated heterocycles. The summed E-state index contributed by atoms with van der Waals surface area (Å²) in [6.07, 6.45) is 0.376. The minimum Gasteiger partial charge on any atom is -0.299 e. The minimum atomic E-state index is -0.0555. The molecule has 2 rings (SSSR count). The van der Waals surface area contributed by atoms with Crippen molar-refractivity contribution in [1.82, 2.24) is 5.43 Å². The van der Waals surface area contributed by atoms with Gasteiger partial charge < -0.3 is 0 Å². The maximum atomic E-state index is 11.6. The van der Waals surface area contributed by atoms with Crippen molar-refractivity contribution in [3.05, 3.63) is 66.2 Å². The molecule has 0 radical (unpaired) electrons. The summed E-state index contributed by atoms with van der Waals surface area (Å²) in [5.74, 6) is -0.0555. The van der Waals surface area contributed by atoms with Crippen LogP contribution in [0.15, 0.2) is 60.7 Å². The van der Waals surface area contributed by atoms with Gasteiger partial charge in [0, 0.05) is 0 Å². The number of carbonyl (C=O) groups is 1. The van der Waals surface area contributed by atoms with Gasteiger partial charge in [-0.15, -0.1) is 0 Å². The van der Waals surface area contributed by atoms with Crippen LogP contribution in [0.3, 0.4) is 0 Å². The van der Waals surface area contributed by atoms with Crippen molar-refractivity contribution in [2.75, 3.05) is 5.43 Å². The fraction of sp³-hybridized carbons (Fsp3) is 0.0714. The average Bonchev–Trinajstić information content (AvgIpc) is 2.39. The molecule has 2 aromatic rings. The van der Waals surface area contributed by atoms with E-state index in [1.165, 1.54) is 0 Å². The Bertz CT molecular complexity index is 468. The lowest BCUT2D eigenvalue weighted by Crippen LogP contribution is -2.30. The molecule has 3 heteroatoms. The Labute approximate surface area is 100 Å². The van der Waals surface area contributed by atoms with E-state index in [9.17, 15) is 4.79 Å². The highest BCUT2D eigenvalue weighted by Crippen LogP contribution is 2.03. The number of rotatable bonds is 4. The lowest BCUT2D eigenvalue weighted by molar-refractivity contribution is -0.119. The van der Waals surface area contributed by atoms with E-state index >= 15 is 0 Å². The molecule has 0 unspecified atom stereocenters. The molecule has 0 bridgehead atoms. The molecule has 0 aromatic heterocycles. The molecule has 0 saturated carbocycles. The topological polar surface area (TPSA) is 41.1 Å². The van der Waals surface area contributed by atoms with Gasteiger partial charge in [0.1, 0.15) is 0 Å². The van der Waals surface area contributed by atoms with Gasteiger partial charge in [-0.25, -0.2) is 0 Å². The minimum absolute atomic E-state index is 0.0555. The van der Waals surface area contributed by atoms with Crippen LogP contribution in [0.2, 0.25) is 0 Å². The number of anilines is 1. The van der Waals surface area contributed by atoms with Crippen molar-refractivity contribution >= 4 is 11.6 Å². The molecule has 0 fully saturated rings. The van der Waals surface area contributed by atoms with Crippen LogP contribution in [-0.4, -0.2) is 5.91 Å². The molecular formula is C14H14N2O. The third kappa shape index (κ3) is 3.65. The molecule has 2 N–H and O–H groups in total. The predicted octanol–water partition coefficient (Wildman–Crippen LogP) is 2.37. The molecule has 3 nitrogen and oxygen atoms in total. The number of hydrogen-bond donors (Lipinski definition) is 2. The van der Waals surface area contributed by atoms with E-state index in [1.807, 2.05) is 60.7 Å². The number of amides is 1. The Hall–Kier alpha value is -2.29. The number of hydrazine groups is 1. The first-order valence-corrected chi connectivity index (χ1v) is 5.48. The van der Waals surface area contributed by atoms with E-state index in [0.717, 1.165) is 11.3 Å². The smallest absolute Gasteiger partial charge is 0.242 e. The summed E-state index contributed by atoms with van der Waals surface area (Å²) in [5, 5.41) is 0. The van der Waals surface area contributed by atoms with Crippen molar-refractivity contribution in [3.8, 4) is 0 Å². The van der Waals surface area contributed by atoms with Gasteiger partial charge in [0.05, 0.1) is 12.1 Å². The first-order chi connectivity index (χ1) is 8.34. The van der Waals surface area contributed by atoms with Crippen LogP contribution in [-0.2, 0) is 11.2 Å². The van der Waals surface area contributed by atoms with Gasteiger partial charge in [0.25, 0.3) is 0 Å². The van der Waals surface area contributed by atoms with Crippen LogP contribution in [0, 0.1) is 0 Å². The van der Waals surface area contributed by atoms with Crippen LogP contribution >= 0.6 is 0 Å². The molecule has 0 atom stereocenters. The summed E-state index contributed by atoms with van der Waals surface area (Å²) >= 11 is 0. The van der Waals surface area contributed by atoms with Gasteiger partial charge in [-0.05, 0) is 17.7 Å². The second-order valence-electron chi connectivity index (χ2n) is 3.70. The van der Waals surface area contributed by atoms with E-state index in [1.54, 1.807) is 0 Å². The Balaban J connectivity index is 1.83. The lowest BCUT2D eigenvalue weighted by Gasteiger charge is -2.08. The van der Waals surface area contributed by atoms with Crippen molar-refractivity contribution < 1.29 is 4.79 Å². The zero-order valence-corrected chi connectivity index (χ0v) is 9.39. The van der Waals surface area contributed by atoms with Crippen LogP contribution in [0.1, 0.15) is 5.56 Å². The summed E-state index contributed by atoms with van der Waals surface area (Å²) < 4.78 is 0. The number of benzene rings is 2.